The van der Waals surface area contributed by atoms with Crippen LogP contribution in [0.1, 0.15) is 72.6 Å². The lowest BCUT2D eigenvalue weighted by atomic mass is 9.28. The van der Waals surface area contributed by atoms with E-state index in [1.165, 1.54) is 25.7 Å². The molecule has 4 unspecified atom stereocenters. The van der Waals surface area contributed by atoms with Crippen LogP contribution in [-0.2, 0) is 4.79 Å². The molecule has 0 aromatic heterocycles. The Bertz CT molecular complexity index is 645. The van der Waals surface area contributed by atoms with Gasteiger partial charge in [0, 0.05) is 0 Å². The Labute approximate surface area is 184 Å². The number of Topliss-reactive ketones (excluding diaryl/α,β-unsaturated/α-hetero) is 1. The molecule has 0 spiro atoms. The lowest BCUT2D eigenvalue weighted by Gasteiger charge is -2.61. The standard InChI is InChI=1S/C22H30B4O.C2H6/c1-4-12(2)16-7-8-17-14-5-6-18-15(13(14)9-10-20(16,17)3)11-21(23,24)19(27)22(18,25)26;1-2/h4,12-18H,1,5-11H2,2-3H3;1-2H3/t12?,13?,14-,15-,16?,17?,18+,20-;/m1./s1. The van der Waals surface area contributed by atoms with Crippen molar-refractivity contribution in [3.05, 3.63) is 12.7 Å². The SMILES string of the molecule is CC.[B]C1([B])C[C@@H]2C3CC[C@]4(C)C(C(C)C=C)CCC4[C@@H]3CC[C@@H]2C([B])([B])C1=O. The van der Waals surface area contributed by atoms with Gasteiger partial charge in [-0.3, -0.25) is 0 Å². The molecule has 4 rings (SSSR count). The summed E-state index contributed by atoms with van der Waals surface area (Å²) in [5.41, 5.74) is 0.400. The van der Waals surface area contributed by atoms with E-state index < -0.39 is 10.4 Å². The van der Waals surface area contributed by atoms with E-state index in [9.17, 15) is 4.79 Å². The summed E-state index contributed by atoms with van der Waals surface area (Å²) < 4.78 is 0. The minimum atomic E-state index is -1.39. The number of ketones is 1. The first-order valence-corrected chi connectivity index (χ1v) is 11.9. The van der Waals surface area contributed by atoms with Crippen molar-refractivity contribution < 1.29 is 4.79 Å². The van der Waals surface area contributed by atoms with Crippen molar-refractivity contribution in [2.24, 2.45) is 46.8 Å². The fourth-order valence-electron chi connectivity index (χ4n) is 8.16. The van der Waals surface area contributed by atoms with Crippen molar-refractivity contribution in [3.63, 3.8) is 0 Å². The van der Waals surface area contributed by atoms with E-state index >= 15 is 0 Å². The molecule has 0 amide bonds. The first-order valence-electron chi connectivity index (χ1n) is 11.9. The Morgan fingerprint density at radius 1 is 0.966 bits per heavy atom. The second-order valence-corrected chi connectivity index (χ2v) is 10.6. The molecule has 0 bridgehead atoms. The molecule has 8 atom stereocenters. The summed E-state index contributed by atoms with van der Waals surface area (Å²) in [6.45, 7) is 12.9. The Hall–Kier alpha value is -0.330. The van der Waals surface area contributed by atoms with Crippen molar-refractivity contribution >= 4 is 37.2 Å². The van der Waals surface area contributed by atoms with Crippen LogP contribution in [0.15, 0.2) is 12.7 Å². The topological polar surface area (TPSA) is 17.1 Å². The van der Waals surface area contributed by atoms with Crippen LogP contribution in [0.5, 0.6) is 0 Å². The van der Waals surface area contributed by atoms with Crippen LogP contribution in [-0.4, -0.2) is 37.2 Å². The van der Waals surface area contributed by atoms with Crippen molar-refractivity contribution in [1.82, 2.24) is 0 Å². The zero-order valence-corrected chi connectivity index (χ0v) is 19.0. The van der Waals surface area contributed by atoms with E-state index in [0.717, 1.165) is 24.7 Å². The van der Waals surface area contributed by atoms with Gasteiger partial charge in [-0.1, -0.05) is 46.6 Å². The molecule has 4 aliphatic rings. The molecule has 0 aromatic carbocycles. The zero-order valence-electron chi connectivity index (χ0n) is 19.0. The Balaban J connectivity index is 0.00000117. The highest BCUT2D eigenvalue weighted by molar-refractivity contribution is 6.62. The first-order chi connectivity index (χ1) is 13.5. The third-order valence-corrected chi connectivity index (χ3v) is 9.45. The minimum Gasteiger partial charge on any atom is -0.302 e. The zero-order chi connectivity index (χ0) is 21.8. The molecular formula is C24H36B4O. The highest BCUT2D eigenvalue weighted by Crippen LogP contribution is 2.68. The van der Waals surface area contributed by atoms with E-state index in [1.807, 2.05) is 13.8 Å². The van der Waals surface area contributed by atoms with Crippen LogP contribution in [0.25, 0.3) is 0 Å². The van der Waals surface area contributed by atoms with Gasteiger partial charge in [-0.2, -0.15) is 0 Å². The molecule has 0 heterocycles. The van der Waals surface area contributed by atoms with Gasteiger partial charge in [-0.25, -0.2) is 0 Å². The molecule has 150 valence electrons. The third-order valence-electron chi connectivity index (χ3n) is 9.45. The van der Waals surface area contributed by atoms with Crippen LogP contribution < -0.4 is 0 Å². The summed E-state index contributed by atoms with van der Waals surface area (Å²) in [6.07, 6.45) is 9.76. The number of fused-ring (bicyclic) bond motifs is 5. The number of hydrogen-bond donors (Lipinski definition) is 0. The maximum absolute atomic E-state index is 12.7. The summed E-state index contributed by atoms with van der Waals surface area (Å²) >= 11 is 0. The monoisotopic (exact) mass is 384 g/mol. The fraction of sp³-hybridized carbons (Fsp3) is 0.875. The Morgan fingerprint density at radius 2 is 1.59 bits per heavy atom. The smallest absolute Gasteiger partial charge is 0.111 e. The van der Waals surface area contributed by atoms with Crippen molar-refractivity contribution in [3.8, 4) is 0 Å². The molecule has 29 heavy (non-hydrogen) atoms. The van der Waals surface area contributed by atoms with Crippen molar-refractivity contribution in [2.45, 2.75) is 83.1 Å². The third kappa shape index (κ3) is 3.45. The molecule has 8 radical (unpaired) electrons. The molecule has 4 aliphatic carbocycles. The molecule has 5 heteroatoms. The maximum atomic E-state index is 12.7. The summed E-state index contributed by atoms with van der Waals surface area (Å²) in [5, 5.41) is -2.77. The lowest BCUT2D eigenvalue weighted by Crippen LogP contribution is -2.56. The number of carbonyl (C=O) groups is 1. The highest BCUT2D eigenvalue weighted by atomic mass is 16.1. The van der Waals surface area contributed by atoms with Gasteiger partial charge in [-0.05, 0) is 89.4 Å². The van der Waals surface area contributed by atoms with E-state index in [2.05, 4.69) is 26.5 Å². The van der Waals surface area contributed by atoms with E-state index in [-0.39, 0.29) is 17.6 Å². The van der Waals surface area contributed by atoms with Gasteiger partial charge in [0.1, 0.15) is 5.78 Å². The predicted molar refractivity (Wildman–Crippen MR) is 125 cm³/mol. The summed E-state index contributed by atoms with van der Waals surface area (Å²) in [5.74, 6) is 3.21. The first kappa shape index (κ1) is 23.3. The molecule has 0 aromatic rings. The van der Waals surface area contributed by atoms with Gasteiger partial charge in [-0.15, -0.1) is 6.58 Å². The Kier molecular flexibility index (Phi) is 6.42. The van der Waals surface area contributed by atoms with E-state index in [1.54, 1.807) is 0 Å². The number of allylic oxidation sites excluding steroid dienone is 1. The van der Waals surface area contributed by atoms with Gasteiger partial charge in [0.2, 0.25) is 0 Å². The second kappa shape index (κ2) is 7.98. The largest absolute Gasteiger partial charge is 0.302 e. The van der Waals surface area contributed by atoms with Crippen LogP contribution in [0, 0.1) is 46.8 Å². The number of carbonyl (C=O) groups excluding carboxylic acids is 1. The van der Waals surface area contributed by atoms with E-state index in [0.29, 0.717) is 29.6 Å². The summed E-state index contributed by atoms with van der Waals surface area (Å²) in [6, 6.07) is 0. The van der Waals surface area contributed by atoms with E-state index in [4.69, 9.17) is 31.4 Å². The second-order valence-electron chi connectivity index (χ2n) is 10.6. The average molecular weight is 384 g/mol. The number of rotatable bonds is 2. The summed E-state index contributed by atoms with van der Waals surface area (Å²) in [4.78, 5) is 12.7. The lowest BCUT2D eigenvalue weighted by molar-refractivity contribution is -0.131. The van der Waals surface area contributed by atoms with Gasteiger partial charge in [0.25, 0.3) is 0 Å². The molecule has 0 saturated heterocycles. The number of hydrogen-bond acceptors (Lipinski definition) is 1. The maximum Gasteiger partial charge on any atom is 0.111 e. The van der Waals surface area contributed by atoms with Gasteiger partial charge in [0.05, 0.1) is 31.4 Å². The average Bonchev–Trinajstić information content (AvgIpc) is 3.04. The molecule has 1 nitrogen and oxygen atoms in total. The molecule has 0 aliphatic heterocycles. The van der Waals surface area contributed by atoms with Gasteiger partial charge < -0.3 is 4.79 Å². The molecule has 0 N–H and O–H groups in total. The summed E-state index contributed by atoms with van der Waals surface area (Å²) in [7, 11) is 25.1. The molecular weight excluding hydrogens is 348 g/mol. The van der Waals surface area contributed by atoms with Crippen molar-refractivity contribution in [1.29, 1.82) is 0 Å². The van der Waals surface area contributed by atoms with Crippen LogP contribution in [0.3, 0.4) is 0 Å². The fourth-order valence-corrected chi connectivity index (χ4v) is 8.16. The highest BCUT2D eigenvalue weighted by Gasteiger charge is 2.61. The molecule has 4 saturated carbocycles. The predicted octanol–water partition coefficient (Wildman–Crippen LogP) is 4.80. The van der Waals surface area contributed by atoms with Gasteiger partial charge in [0.15, 0.2) is 0 Å². The quantitative estimate of drug-likeness (QED) is 0.494. The minimum absolute atomic E-state index is 0.0140. The van der Waals surface area contributed by atoms with Gasteiger partial charge >= 0.3 is 0 Å². The Morgan fingerprint density at radius 3 is 2.21 bits per heavy atom. The van der Waals surface area contributed by atoms with Crippen LogP contribution in [0.2, 0.25) is 10.4 Å². The van der Waals surface area contributed by atoms with Crippen molar-refractivity contribution in [2.75, 3.05) is 0 Å². The van der Waals surface area contributed by atoms with Crippen LogP contribution in [0.4, 0.5) is 0 Å². The molecule has 4 fully saturated rings. The van der Waals surface area contributed by atoms with Crippen LogP contribution >= 0.6 is 0 Å². The normalized spacial score (nSPS) is 45.6.